The molecule has 0 saturated carbocycles. The molecule has 2 N–H and O–H groups in total. The standard InChI is InChI=1S/C11H12Cl2N4O2S/c1-2-5-17-10(15-16-11(17)20(14,18)19)8-6-7(12)3-4-9(8)13/h3-4,6H,2,5H2,1H3,(H2,14,18,19). The highest BCUT2D eigenvalue weighted by molar-refractivity contribution is 7.89. The number of aromatic nitrogens is 3. The highest BCUT2D eigenvalue weighted by atomic mass is 35.5. The van der Waals surface area contributed by atoms with Crippen LogP contribution in [0.5, 0.6) is 0 Å². The Bertz CT molecular complexity index is 743. The van der Waals surface area contributed by atoms with Crippen LogP contribution in [0.25, 0.3) is 11.4 Å². The van der Waals surface area contributed by atoms with Gasteiger partial charge in [0.2, 0.25) is 0 Å². The van der Waals surface area contributed by atoms with Gasteiger partial charge in [-0.15, -0.1) is 10.2 Å². The lowest BCUT2D eigenvalue weighted by molar-refractivity contribution is 0.559. The monoisotopic (exact) mass is 334 g/mol. The second-order valence-electron chi connectivity index (χ2n) is 4.13. The average Bonchev–Trinajstić information content (AvgIpc) is 2.76. The van der Waals surface area contributed by atoms with Gasteiger partial charge in [-0.05, 0) is 24.6 Å². The second-order valence-corrected chi connectivity index (χ2v) is 6.43. The van der Waals surface area contributed by atoms with Gasteiger partial charge in [-0.3, -0.25) is 4.57 Å². The maximum absolute atomic E-state index is 11.5. The molecule has 0 aliphatic rings. The van der Waals surface area contributed by atoms with Gasteiger partial charge in [-0.1, -0.05) is 30.1 Å². The lowest BCUT2D eigenvalue weighted by Crippen LogP contribution is -2.19. The van der Waals surface area contributed by atoms with E-state index in [2.05, 4.69) is 10.2 Å². The number of nitrogens with two attached hydrogens (primary N) is 1. The minimum atomic E-state index is -3.95. The topological polar surface area (TPSA) is 90.9 Å². The molecule has 0 fully saturated rings. The molecule has 1 aromatic heterocycles. The molecule has 20 heavy (non-hydrogen) atoms. The molecule has 0 unspecified atom stereocenters. The van der Waals surface area contributed by atoms with E-state index in [1.54, 1.807) is 18.2 Å². The van der Waals surface area contributed by atoms with Gasteiger partial charge in [-0.25, -0.2) is 13.6 Å². The summed E-state index contributed by atoms with van der Waals surface area (Å²) < 4.78 is 24.5. The Morgan fingerprint density at radius 1 is 1.30 bits per heavy atom. The summed E-state index contributed by atoms with van der Waals surface area (Å²) in [4.78, 5) is 0. The molecule has 0 saturated heterocycles. The Labute approximate surface area is 126 Å². The Morgan fingerprint density at radius 2 is 2.00 bits per heavy atom. The van der Waals surface area contributed by atoms with Gasteiger partial charge in [-0.2, -0.15) is 0 Å². The molecule has 108 valence electrons. The van der Waals surface area contributed by atoms with E-state index in [0.29, 0.717) is 34.4 Å². The summed E-state index contributed by atoms with van der Waals surface area (Å²) in [7, 11) is -3.95. The molecule has 2 rings (SSSR count). The number of primary sulfonamides is 1. The van der Waals surface area contributed by atoms with Crippen LogP contribution in [0, 0.1) is 0 Å². The second kappa shape index (κ2) is 5.69. The van der Waals surface area contributed by atoms with Gasteiger partial charge in [0.15, 0.2) is 5.82 Å². The van der Waals surface area contributed by atoms with Crippen LogP contribution in [-0.2, 0) is 16.6 Å². The van der Waals surface area contributed by atoms with Crippen LogP contribution < -0.4 is 5.14 Å². The predicted molar refractivity (Wildman–Crippen MR) is 77.1 cm³/mol. The van der Waals surface area contributed by atoms with Gasteiger partial charge in [0.1, 0.15) is 0 Å². The Hall–Kier alpha value is -1.15. The number of hydrogen-bond acceptors (Lipinski definition) is 4. The maximum Gasteiger partial charge on any atom is 0.273 e. The maximum atomic E-state index is 11.5. The molecule has 0 amide bonds. The van der Waals surface area contributed by atoms with Crippen LogP contribution in [-0.4, -0.2) is 23.2 Å². The number of benzene rings is 1. The third-order valence-electron chi connectivity index (χ3n) is 2.59. The summed E-state index contributed by atoms with van der Waals surface area (Å²) in [6, 6.07) is 4.85. The fourth-order valence-corrected chi connectivity index (χ4v) is 2.81. The largest absolute Gasteiger partial charge is 0.297 e. The third-order valence-corrected chi connectivity index (χ3v) is 3.96. The minimum absolute atomic E-state index is 0.287. The van der Waals surface area contributed by atoms with Crippen molar-refractivity contribution in [3.8, 4) is 11.4 Å². The van der Waals surface area contributed by atoms with Crippen LogP contribution in [0.4, 0.5) is 0 Å². The Morgan fingerprint density at radius 3 is 2.60 bits per heavy atom. The van der Waals surface area contributed by atoms with E-state index in [1.165, 1.54) is 4.57 Å². The molecular formula is C11H12Cl2N4O2S. The number of nitrogens with zero attached hydrogens (tertiary/aromatic N) is 3. The van der Waals surface area contributed by atoms with Crippen molar-refractivity contribution in [1.29, 1.82) is 0 Å². The zero-order valence-corrected chi connectivity index (χ0v) is 12.9. The number of sulfonamides is 1. The molecule has 2 aromatic rings. The van der Waals surface area contributed by atoms with Crippen molar-refractivity contribution in [2.75, 3.05) is 0 Å². The summed E-state index contributed by atoms with van der Waals surface area (Å²) in [5.41, 5.74) is 0.509. The first-order valence-corrected chi connectivity index (χ1v) is 8.06. The first-order chi connectivity index (χ1) is 9.34. The summed E-state index contributed by atoms with van der Waals surface area (Å²) in [6.45, 7) is 2.30. The molecule has 0 aliphatic heterocycles. The van der Waals surface area contributed by atoms with Crippen molar-refractivity contribution in [2.45, 2.75) is 25.0 Å². The minimum Gasteiger partial charge on any atom is -0.297 e. The summed E-state index contributed by atoms with van der Waals surface area (Å²) >= 11 is 12.0. The van der Waals surface area contributed by atoms with Crippen LogP contribution in [0.2, 0.25) is 10.0 Å². The number of rotatable bonds is 4. The summed E-state index contributed by atoms with van der Waals surface area (Å²) in [5.74, 6) is 0.323. The van der Waals surface area contributed by atoms with E-state index in [9.17, 15) is 8.42 Å². The smallest absolute Gasteiger partial charge is 0.273 e. The van der Waals surface area contributed by atoms with Crippen molar-refractivity contribution >= 4 is 33.2 Å². The average molecular weight is 335 g/mol. The van der Waals surface area contributed by atoms with E-state index in [0.717, 1.165) is 0 Å². The van der Waals surface area contributed by atoms with Crippen LogP contribution in [0.3, 0.4) is 0 Å². The molecular weight excluding hydrogens is 323 g/mol. The molecule has 0 bridgehead atoms. The van der Waals surface area contributed by atoms with E-state index in [1.807, 2.05) is 6.92 Å². The van der Waals surface area contributed by atoms with E-state index >= 15 is 0 Å². The van der Waals surface area contributed by atoms with E-state index < -0.39 is 10.0 Å². The zero-order chi connectivity index (χ0) is 14.9. The molecule has 0 atom stereocenters. The van der Waals surface area contributed by atoms with Crippen molar-refractivity contribution in [3.63, 3.8) is 0 Å². The highest BCUT2D eigenvalue weighted by Gasteiger charge is 2.22. The normalized spacial score (nSPS) is 11.8. The van der Waals surface area contributed by atoms with Gasteiger partial charge in [0.25, 0.3) is 15.2 Å². The van der Waals surface area contributed by atoms with Gasteiger partial charge in [0, 0.05) is 17.1 Å². The molecule has 1 aromatic carbocycles. The highest BCUT2D eigenvalue weighted by Crippen LogP contribution is 2.30. The summed E-state index contributed by atoms with van der Waals surface area (Å²) in [5, 5.41) is 13.3. The quantitative estimate of drug-likeness (QED) is 0.928. The van der Waals surface area contributed by atoms with Crippen molar-refractivity contribution in [3.05, 3.63) is 28.2 Å². The first-order valence-electron chi connectivity index (χ1n) is 5.76. The van der Waals surface area contributed by atoms with Crippen LogP contribution >= 0.6 is 23.2 Å². The number of halogens is 2. The lowest BCUT2D eigenvalue weighted by atomic mass is 10.2. The van der Waals surface area contributed by atoms with Crippen molar-refractivity contribution < 1.29 is 8.42 Å². The summed E-state index contributed by atoms with van der Waals surface area (Å²) in [6.07, 6.45) is 0.686. The molecule has 1 heterocycles. The van der Waals surface area contributed by atoms with Crippen LogP contribution in [0.15, 0.2) is 23.4 Å². The Balaban J connectivity index is 2.69. The van der Waals surface area contributed by atoms with Gasteiger partial charge < -0.3 is 0 Å². The predicted octanol–water partition coefficient (Wildman–Crippen LogP) is 2.31. The van der Waals surface area contributed by atoms with Crippen molar-refractivity contribution in [2.24, 2.45) is 5.14 Å². The molecule has 0 radical (unpaired) electrons. The fraction of sp³-hybridized carbons (Fsp3) is 0.273. The fourth-order valence-electron chi connectivity index (χ4n) is 1.79. The van der Waals surface area contributed by atoms with Crippen molar-refractivity contribution in [1.82, 2.24) is 14.8 Å². The first kappa shape index (κ1) is 15.2. The molecule has 0 spiro atoms. The molecule has 6 nitrogen and oxygen atoms in total. The molecule has 0 aliphatic carbocycles. The third kappa shape index (κ3) is 2.95. The van der Waals surface area contributed by atoms with Crippen LogP contribution in [0.1, 0.15) is 13.3 Å². The molecule has 9 heteroatoms. The zero-order valence-electron chi connectivity index (χ0n) is 10.5. The van der Waals surface area contributed by atoms with Gasteiger partial charge in [0.05, 0.1) is 5.02 Å². The SMILES string of the molecule is CCCn1c(-c2cc(Cl)ccc2Cl)nnc1S(N)(=O)=O. The van der Waals surface area contributed by atoms with Gasteiger partial charge >= 0.3 is 0 Å². The number of hydrogen-bond donors (Lipinski definition) is 1. The van der Waals surface area contributed by atoms with E-state index in [4.69, 9.17) is 28.3 Å². The Kier molecular flexibility index (Phi) is 4.33. The van der Waals surface area contributed by atoms with E-state index in [-0.39, 0.29) is 5.16 Å². The lowest BCUT2D eigenvalue weighted by Gasteiger charge is -2.09.